The summed E-state index contributed by atoms with van der Waals surface area (Å²) < 4.78 is 12.4. The zero-order valence-corrected chi connectivity index (χ0v) is 29.3. The highest BCUT2D eigenvalue weighted by Crippen LogP contribution is 2.77. The van der Waals surface area contributed by atoms with Crippen LogP contribution in [-0.4, -0.2) is 28.1 Å². The molecule has 5 fully saturated rings. The molecule has 0 spiro atoms. The molecule has 1 N–H and O–H groups in total. The maximum atomic E-state index is 13.2. The Morgan fingerprint density at radius 1 is 0.956 bits per heavy atom. The quantitative estimate of drug-likeness (QED) is 0.241. The van der Waals surface area contributed by atoms with Gasteiger partial charge in [0.1, 0.15) is 12.4 Å². The highest BCUT2D eigenvalue weighted by atomic mass is 16.5. The first-order valence-corrected chi connectivity index (χ1v) is 17.9. The monoisotopic (exact) mass is 621 g/mol. The molecule has 6 heteroatoms. The number of oxazole rings is 1. The van der Waals surface area contributed by atoms with Gasteiger partial charge in [0.15, 0.2) is 5.89 Å². The van der Waals surface area contributed by atoms with Crippen LogP contribution in [0, 0.1) is 56.7 Å². The van der Waals surface area contributed by atoms with Crippen molar-refractivity contribution in [2.75, 3.05) is 0 Å². The Balaban J connectivity index is 1.26. The third-order valence-corrected chi connectivity index (χ3v) is 15.4. The summed E-state index contributed by atoms with van der Waals surface area (Å²) in [7, 11) is 0. The number of hydrogen-bond donors (Lipinski definition) is 1. The van der Waals surface area contributed by atoms with Crippen molar-refractivity contribution in [1.29, 1.82) is 0 Å². The molecule has 0 amide bonds. The second kappa shape index (κ2) is 10.7. The van der Waals surface area contributed by atoms with Crippen molar-refractivity contribution >= 4 is 11.9 Å². The zero-order chi connectivity index (χ0) is 32.8. The summed E-state index contributed by atoms with van der Waals surface area (Å²) in [6.45, 7) is 23.1. The van der Waals surface area contributed by atoms with E-state index in [2.05, 4.69) is 48.1 Å². The molecule has 1 aromatic rings. The highest BCUT2D eigenvalue weighted by Gasteiger charge is 2.71. The number of hydrogen-bond acceptors (Lipinski definition) is 5. The van der Waals surface area contributed by atoms with Gasteiger partial charge in [-0.15, -0.1) is 0 Å². The van der Waals surface area contributed by atoms with Crippen LogP contribution in [0.1, 0.15) is 138 Å². The third kappa shape index (κ3) is 4.80. The molecule has 10 atom stereocenters. The van der Waals surface area contributed by atoms with Crippen LogP contribution in [0.4, 0.5) is 0 Å². The number of aromatic nitrogens is 1. The Labute approximate surface area is 271 Å². The summed E-state index contributed by atoms with van der Waals surface area (Å²) in [5.74, 6) is 2.65. The molecule has 1 heterocycles. The van der Waals surface area contributed by atoms with Crippen LogP contribution < -0.4 is 0 Å². The van der Waals surface area contributed by atoms with Gasteiger partial charge < -0.3 is 14.3 Å². The van der Waals surface area contributed by atoms with Crippen molar-refractivity contribution in [1.82, 2.24) is 4.98 Å². The molecular weight excluding hydrogens is 562 g/mol. The fraction of sp³-hybridized carbons (Fsp3) is 0.821. The number of carbonyl (C=O) groups is 2. The molecule has 0 saturated heterocycles. The molecule has 250 valence electrons. The number of rotatable bonds is 7. The summed E-state index contributed by atoms with van der Waals surface area (Å²) in [4.78, 5) is 29.3. The Morgan fingerprint density at radius 3 is 2.33 bits per heavy atom. The number of carboxylic acid groups (broad SMARTS) is 1. The lowest BCUT2D eigenvalue weighted by atomic mass is 9.32. The van der Waals surface area contributed by atoms with Crippen LogP contribution in [0.15, 0.2) is 29.0 Å². The summed E-state index contributed by atoms with van der Waals surface area (Å²) >= 11 is 0. The Hall–Kier alpha value is -2.11. The Kier molecular flexibility index (Phi) is 7.81. The number of nitrogens with zero attached hydrogens (tertiary/aromatic N) is 1. The van der Waals surface area contributed by atoms with Gasteiger partial charge in [-0.25, -0.2) is 4.98 Å². The third-order valence-electron chi connectivity index (χ3n) is 15.4. The lowest BCUT2D eigenvalue weighted by Crippen LogP contribution is -2.67. The van der Waals surface area contributed by atoms with Gasteiger partial charge in [0.05, 0.1) is 24.5 Å². The van der Waals surface area contributed by atoms with Gasteiger partial charge in [0.2, 0.25) is 0 Å². The van der Waals surface area contributed by atoms with Gasteiger partial charge in [-0.05, 0) is 122 Å². The fourth-order valence-electron chi connectivity index (χ4n) is 13.2. The van der Waals surface area contributed by atoms with Crippen LogP contribution in [0.3, 0.4) is 0 Å². The van der Waals surface area contributed by atoms with Crippen molar-refractivity contribution in [3.05, 3.63) is 30.5 Å². The zero-order valence-electron chi connectivity index (χ0n) is 29.3. The van der Waals surface area contributed by atoms with Gasteiger partial charge >= 0.3 is 11.9 Å². The first-order chi connectivity index (χ1) is 20.9. The number of aliphatic carboxylic acids is 1. The van der Waals surface area contributed by atoms with Crippen LogP contribution in [0.25, 0.3) is 0 Å². The summed E-state index contributed by atoms with van der Waals surface area (Å²) in [5, 5.41) is 9.31. The average molecular weight is 622 g/mol. The maximum absolute atomic E-state index is 13.2. The Bertz CT molecular complexity index is 1330. The van der Waals surface area contributed by atoms with Crippen LogP contribution in [0.5, 0.6) is 0 Å². The van der Waals surface area contributed by atoms with Gasteiger partial charge in [-0.3, -0.25) is 9.59 Å². The van der Waals surface area contributed by atoms with Crippen molar-refractivity contribution in [3.63, 3.8) is 0 Å². The number of allylic oxidation sites excluding steroid dienone is 1. The van der Waals surface area contributed by atoms with E-state index in [1.165, 1.54) is 37.7 Å². The predicted molar refractivity (Wildman–Crippen MR) is 175 cm³/mol. The van der Waals surface area contributed by atoms with Gasteiger partial charge in [-0.1, -0.05) is 60.6 Å². The fourth-order valence-corrected chi connectivity index (χ4v) is 13.2. The molecule has 0 bridgehead atoms. The minimum Gasteiger partial charge on any atom is -0.481 e. The predicted octanol–water partition coefficient (Wildman–Crippen LogP) is 9.39. The second-order valence-electron chi connectivity index (χ2n) is 18.4. The van der Waals surface area contributed by atoms with Crippen molar-refractivity contribution < 1.29 is 23.8 Å². The number of ether oxygens (including phenoxy) is 1. The second-order valence-corrected chi connectivity index (χ2v) is 18.4. The van der Waals surface area contributed by atoms with Crippen LogP contribution in [0.2, 0.25) is 0 Å². The van der Waals surface area contributed by atoms with E-state index in [4.69, 9.17) is 14.1 Å². The van der Waals surface area contributed by atoms with E-state index in [0.29, 0.717) is 29.6 Å². The highest BCUT2D eigenvalue weighted by molar-refractivity contribution is 5.73. The molecule has 5 aliphatic carbocycles. The molecule has 0 aromatic carbocycles. The van der Waals surface area contributed by atoms with E-state index in [-0.39, 0.29) is 52.0 Å². The van der Waals surface area contributed by atoms with Crippen molar-refractivity contribution in [2.45, 2.75) is 144 Å². The molecule has 3 unspecified atom stereocenters. The van der Waals surface area contributed by atoms with E-state index < -0.39 is 11.4 Å². The first kappa shape index (κ1) is 32.8. The summed E-state index contributed by atoms with van der Waals surface area (Å²) in [6, 6.07) is 0. The number of carboxylic acids is 1. The lowest BCUT2D eigenvalue weighted by Gasteiger charge is -2.72. The van der Waals surface area contributed by atoms with E-state index in [1.54, 1.807) is 6.26 Å². The number of fused-ring (bicyclic) bond motifs is 7. The maximum Gasteiger partial charge on any atom is 0.306 e. The minimum atomic E-state index is -0.875. The van der Waals surface area contributed by atoms with Gasteiger partial charge in [0, 0.05) is 5.41 Å². The molecule has 6 rings (SSSR count). The van der Waals surface area contributed by atoms with Crippen molar-refractivity contribution in [2.24, 2.45) is 56.7 Å². The molecule has 0 aliphatic heterocycles. The first-order valence-electron chi connectivity index (χ1n) is 17.9. The Morgan fingerprint density at radius 2 is 1.69 bits per heavy atom. The van der Waals surface area contributed by atoms with E-state index in [1.807, 2.05) is 20.0 Å². The summed E-state index contributed by atoms with van der Waals surface area (Å²) in [5.41, 5.74) is 1.28. The number of carbonyl (C=O) groups excluding carboxylic acids is 1. The molecule has 0 radical (unpaired) electrons. The SMILES string of the molecule is C=C(C)[C@@H]1CC[C@]2(c3ncco3)CC[C@]3(C)[C@H](CCC4[C@@]5(C)CC[C@H](OC(=O)CC(C)(C)CC(=O)O)C(C)(C)C5CC[C@]43C)C12. The molecule has 6 nitrogen and oxygen atoms in total. The standard InChI is InChI=1S/C39H59NO5/c1-24(2)25-12-17-39(33-40-20-21-44-33)19-18-37(8)26(32(25)39)10-11-28-36(7)15-14-29(35(5,6)27(36)13-16-38(28,37)9)45-31(43)23-34(3,4)22-30(41)42/h20-21,25-29,32H,1,10-19,22-23H2,2-9H3,(H,41,42)/t25-,26+,27?,28?,29-,32?,36-,37+,38+,39-/m0/s1. The van der Waals surface area contributed by atoms with E-state index in [9.17, 15) is 14.7 Å². The minimum absolute atomic E-state index is 0.0323. The molecule has 45 heavy (non-hydrogen) atoms. The van der Waals surface area contributed by atoms with Crippen LogP contribution >= 0.6 is 0 Å². The van der Waals surface area contributed by atoms with Gasteiger partial charge in [0.25, 0.3) is 0 Å². The molecule has 5 aliphatic rings. The van der Waals surface area contributed by atoms with Crippen LogP contribution in [-0.2, 0) is 19.7 Å². The smallest absolute Gasteiger partial charge is 0.306 e. The van der Waals surface area contributed by atoms with E-state index in [0.717, 1.165) is 38.0 Å². The molecule has 5 saturated carbocycles. The number of esters is 1. The topological polar surface area (TPSA) is 89.6 Å². The molecule has 1 aromatic heterocycles. The average Bonchev–Trinajstić information content (AvgIpc) is 3.59. The van der Waals surface area contributed by atoms with E-state index >= 15 is 0 Å². The van der Waals surface area contributed by atoms with Gasteiger partial charge in [-0.2, -0.15) is 0 Å². The molecular formula is C39H59NO5. The van der Waals surface area contributed by atoms with Crippen molar-refractivity contribution in [3.8, 4) is 0 Å². The lowest BCUT2D eigenvalue weighted by molar-refractivity contribution is -0.246. The summed E-state index contributed by atoms with van der Waals surface area (Å²) in [6.07, 6.45) is 15.2. The normalized spacial score (nSPS) is 43.7. The largest absolute Gasteiger partial charge is 0.481 e.